The molecular formula is C11H19NO3. The molecule has 4 heteroatoms. The lowest BCUT2D eigenvalue weighted by Gasteiger charge is -2.27. The molecule has 4 nitrogen and oxygen atoms in total. The molecule has 0 bridgehead atoms. The number of carbonyl (C=O) groups is 1. The Morgan fingerprint density at radius 3 is 2.40 bits per heavy atom. The molecule has 0 heterocycles. The fourth-order valence-electron chi connectivity index (χ4n) is 2.60. The zero-order valence-corrected chi connectivity index (χ0v) is 9.22. The number of carbonyl (C=O) groups excluding carboxylic acids is 1. The molecule has 0 aromatic rings. The van der Waals surface area contributed by atoms with E-state index in [9.17, 15) is 14.9 Å². The molecule has 1 aliphatic carbocycles. The molecule has 0 radical (unpaired) electrons. The molecule has 1 saturated carbocycles. The number of nitro groups is 1. The van der Waals surface area contributed by atoms with Crippen LogP contribution in [0.1, 0.15) is 45.4 Å². The molecule has 15 heavy (non-hydrogen) atoms. The molecule has 0 aliphatic heterocycles. The monoisotopic (exact) mass is 213 g/mol. The average Bonchev–Trinajstić information content (AvgIpc) is 2.26. The van der Waals surface area contributed by atoms with Crippen molar-refractivity contribution in [2.45, 2.75) is 51.5 Å². The number of nitrogens with zero attached hydrogens (tertiary/aromatic N) is 1. The number of hydrogen-bond acceptors (Lipinski definition) is 3. The molecule has 0 aromatic carbocycles. The summed E-state index contributed by atoms with van der Waals surface area (Å²) in [5.41, 5.74) is 0. The minimum Gasteiger partial charge on any atom is -0.303 e. The fourth-order valence-corrected chi connectivity index (χ4v) is 2.60. The Kier molecular flexibility index (Phi) is 4.72. The van der Waals surface area contributed by atoms with Gasteiger partial charge in [0.2, 0.25) is 6.04 Å². The summed E-state index contributed by atoms with van der Waals surface area (Å²) < 4.78 is 0. The number of rotatable bonds is 5. The Balaban J connectivity index is 2.66. The lowest BCUT2D eigenvalue weighted by Crippen LogP contribution is -2.35. The van der Waals surface area contributed by atoms with Crippen molar-refractivity contribution in [1.82, 2.24) is 0 Å². The highest BCUT2D eigenvalue weighted by Crippen LogP contribution is 2.32. The third kappa shape index (κ3) is 3.01. The molecule has 0 saturated heterocycles. The zero-order valence-electron chi connectivity index (χ0n) is 9.22. The Hall–Kier alpha value is -0.930. The van der Waals surface area contributed by atoms with Crippen molar-refractivity contribution >= 4 is 6.29 Å². The van der Waals surface area contributed by atoms with Gasteiger partial charge in [0.15, 0.2) is 0 Å². The summed E-state index contributed by atoms with van der Waals surface area (Å²) in [5, 5.41) is 10.8. The van der Waals surface area contributed by atoms with Crippen molar-refractivity contribution in [3.63, 3.8) is 0 Å². The summed E-state index contributed by atoms with van der Waals surface area (Å²) in [5.74, 6) is -0.128. The predicted octanol–water partition coefficient (Wildman–Crippen LogP) is 2.44. The van der Waals surface area contributed by atoms with E-state index in [1.54, 1.807) is 6.92 Å². The normalized spacial score (nSPS) is 21.9. The first-order valence-electron chi connectivity index (χ1n) is 5.79. The molecule has 0 aromatic heterocycles. The molecule has 0 N–H and O–H groups in total. The molecular weight excluding hydrogens is 194 g/mol. The van der Waals surface area contributed by atoms with E-state index in [2.05, 4.69) is 0 Å². The zero-order chi connectivity index (χ0) is 11.3. The minimum atomic E-state index is -0.675. The maximum Gasteiger partial charge on any atom is 0.222 e. The van der Waals surface area contributed by atoms with Crippen molar-refractivity contribution < 1.29 is 9.72 Å². The van der Waals surface area contributed by atoms with Gasteiger partial charge in [-0.2, -0.15) is 0 Å². The van der Waals surface area contributed by atoms with Gasteiger partial charge in [0.1, 0.15) is 6.29 Å². The third-order valence-electron chi connectivity index (χ3n) is 3.48. The first-order chi connectivity index (χ1) is 7.20. The minimum absolute atomic E-state index is 0.242. The van der Waals surface area contributed by atoms with Crippen molar-refractivity contribution in [2.24, 2.45) is 11.8 Å². The SMILES string of the molecule is CC[C@@H]([C@H](C=O)C1CCCCC1)[N+](=O)[O-]. The van der Waals surface area contributed by atoms with Gasteiger partial charge >= 0.3 is 0 Å². The maximum absolute atomic E-state index is 11.0. The van der Waals surface area contributed by atoms with Crippen LogP contribution < -0.4 is 0 Å². The smallest absolute Gasteiger partial charge is 0.222 e. The van der Waals surface area contributed by atoms with Crippen LogP contribution in [0.2, 0.25) is 0 Å². The van der Waals surface area contributed by atoms with Crippen LogP contribution in [0.5, 0.6) is 0 Å². The van der Waals surface area contributed by atoms with Gasteiger partial charge in [0.25, 0.3) is 0 Å². The fraction of sp³-hybridized carbons (Fsp3) is 0.909. The van der Waals surface area contributed by atoms with Gasteiger partial charge < -0.3 is 4.79 Å². The summed E-state index contributed by atoms with van der Waals surface area (Å²) in [4.78, 5) is 21.5. The second-order valence-corrected chi connectivity index (χ2v) is 4.37. The molecule has 86 valence electrons. The summed E-state index contributed by atoms with van der Waals surface area (Å²) in [6.07, 6.45) is 6.66. The Morgan fingerprint density at radius 1 is 1.40 bits per heavy atom. The average molecular weight is 213 g/mol. The molecule has 0 unspecified atom stereocenters. The van der Waals surface area contributed by atoms with Gasteiger partial charge in [-0.1, -0.05) is 26.2 Å². The van der Waals surface area contributed by atoms with E-state index in [0.29, 0.717) is 6.42 Å². The Morgan fingerprint density at radius 2 is 2.00 bits per heavy atom. The molecule has 1 rings (SSSR count). The van der Waals surface area contributed by atoms with Gasteiger partial charge in [0, 0.05) is 11.3 Å². The highest BCUT2D eigenvalue weighted by atomic mass is 16.6. The quantitative estimate of drug-likeness (QED) is 0.400. The molecule has 1 aliphatic rings. The van der Waals surface area contributed by atoms with E-state index in [1.165, 1.54) is 6.42 Å². The van der Waals surface area contributed by atoms with Crippen LogP contribution in [0, 0.1) is 22.0 Å². The van der Waals surface area contributed by atoms with Gasteiger partial charge in [0.05, 0.1) is 5.92 Å². The van der Waals surface area contributed by atoms with Crippen LogP contribution >= 0.6 is 0 Å². The topological polar surface area (TPSA) is 60.2 Å². The molecule has 0 amide bonds. The van der Waals surface area contributed by atoms with Crippen LogP contribution in [-0.4, -0.2) is 17.3 Å². The van der Waals surface area contributed by atoms with E-state index < -0.39 is 6.04 Å². The van der Waals surface area contributed by atoms with Gasteiger partial charge in [-0.15, -0.1) is 0 Å². The first kappa shape index (κ1) is 12.1. The summed E-state index contributed by atoms with van der Waals surface area (Å²) in [7, 11) is 0. The van der Waals surface area contributed by atoms with Gasteiger partial charge in [-0.25, -0.2) is 0 Å². The lowest BCUT2D eigenvalue weighted by molar-refractivity contribution is -0.531. The number of hydrogen-bond donors (Lipinski definition) is 0. The predicted molar refractivity (Wildman–Crippen MR) is 57.2 cm³/mol. The summed E-state index contributed by atoms with van der Waals surface area (Å²) >= 11 is 0. The lowest BCUT2D eigenvalue weighted by atomic mass is 9.77. The first-order valence-corrected chi connectivity index (χ1v) is 5.79. The van der Waals surface area contributed by atoms with Crippen LogP contribution in [-0.2, 0) is 4.79 Å². The second kappa shape index (κ2) is 5.83. The molecule has 1 fully saturated rings. The van der Waals surface area contributed by atoms with Gasteiger partial charge in [-0.3, -0.25) is 10.1 Å². The van der Waals surface area contributed by atoms with Crippen LogP contribution in [0.4, 0.5) is 0 Å². The van der Waals surface area contributed by atoms with E-state index in [-0.39, 0.29) is 16.8 Å². The highest BCUT2D eigenvalue weighted by molar-refractivity contribution is 5.55. The van der Waals surface area contributed by atoms with Crippen LogP contribution in [0.15, 0.2) is 0 Å². The van der Waals surface area contributed by atoms with Crippen molar-refractivity contribution in [1.29, 1.82) is 0 Å². The largest absolute Gasteiger partial charge is 0.303 e. The van der Waals surface area contributed by atoms with Crippen molar-refractivity contribution in [3.8, 4) is 0 Å². The Labute approximate surface area is 90.2 Å². The summed E-state index contributed by atoms with van der Waals surface area (Å²) in [6, 6.07) is -0.675. The van der Waals surface area contributed by atoms with E-state index in [4.69, 9.17) is 0 Å². The highest BCUT2D eigenvalue weighted by Gasteiger charge is 2.36. The van der Waals surface area contributed by atoms with Crippen LogP contribution in [0.25, 0.3) is 0 Å². The van der Waals surface area contributed by atoms with E-state index in [0.717, 1.165) is 32.0 Å². The number of aldehydes is 1. The standard InChI is InChI=1S/C11H19NO3/c1-2-11(12(14)15)10(8-13)9-6-4-3-5-7-9/h8-11H,2-7H2,1H3/t10-,11+/m1/s1. The van der Waals surface area contributed by atoms with Crippen LogP contribution in [0.3, 0.4) is 0 Å². The van der Waals surface area contributed by atoms with Gasteiger partial charge in [-0.05, 0) is 18.8 Å². The second-order valence-electron chi connectivity index (χ2n) is 4.37. The Bertz CT molecular complexity index is 224. The third-order valence-corrected chi connectivity index (χ3v) is 3.48. The summed E-state index contributed by atoms with van der Waals surface area (Å²) in [6.45, 7) is 1.78. The maximum atomic E-state index is 11.0. The van der Waals surface area contributed by atoms with E-state index in [1.807, 2.05) is 0 Å². The molecule has 0 spiro atoms. The van der Waals surface area contributed by atoms with Crippen molar-refractivity contribution in [2.75, 3.05) is 0 Å². The molecule has 2 atom stereocenters. The van der Waals surface area contributed by atoms with Crippen molar-refractivity contribution in [3.05, 3.63) is 10.1 Å². The van der Waals surface area contributed by atoms with E-state index >= 15 is 0 Å².